The number of Topliss-reactive ketones (excluding diaryl/α,β-unsaturated/α-hetero) is 1. The lowest BCUT2D eigenvalue weighted by molar-refractivity contribution is -0.447. The highest BCUT2D eigenvalue weighted by molar-refractivity contribution is 5.96. The van der Waals surface area contributed by atoms with Gasteiger partial charge in [0.05, 0.1) is 86.3 Å². The second kappa shape index (κ2) is 22.3. The third kappa shape index (κ3) is 10.5. The van der Waals surface area contributed by atoms with Crippen LogP contribution in [0.4, 0.5) is 0 Å². The molecule has 5 saturated heterocycles. The minimum atomic E-state index is -1.51. The highest BCUT2D eigenvalue weighted by Crippen LogP contribution is 2.68. The number of aliphatic hydroxyl groups excluding tert-OH is 1. The van der Waals surface area contributed by atoms with Gasteiger partial charge in [0.2, 0.25) is 6.29 Å². The second-order valence-electron chi connectivity index (χ2n) is 24.0. The molecule has 10 aliphatic rings. The predicted molar refractivity (Wildman–Crippen MR) is 265 cm³/mol. The molecule has 19 nitrogen and oxygen atoms in total. The van der Waals surface area contributed by atoms with Gasteiger partial charge in [-0.15, -0.1) is 0 Å². The molecular formula is C56H88O19. The van der Waals surface area contributed by atoms with Crippen LogP contribution >= 0.6 is 0 Å². The molecule has 6 heterocycles. The van der Waals surface area contributed by atoms with Crippen molar-refractivity contribution in [2.45, 2.75) is 261 Å². The number of allylic oxidation sites excluding steroid dienone is 1. The van der Waals surface area contributed by atoms with Gasteiger partial charge in [0.15, 0.2) is 31.4 Å². The highest BCUT2D eigenvalue weighted by Gasteiger charge is 2.66. The van der Waals surface area contributed by atoms with E-state index in [9.17, 15) is 15.0 Å². The molecule has 0 aromatic rings. The Morgan fingerprint density at radius 1 is 0.733 bits per heavy atom. The molecule has 75 heavy (non-hydrogen) atoms. The van der Waals surface area contributed by atoms with Gasteiger partial charge in [-0.2, -0.15) is 0 Å². The van der Waals surface area contributed by atoms with E-state index in [1.54, 1.807) is 34.3 Å². The number of rotatable bonds is 13. The molecule has 10 rings (SSSR count). The molecule has 4 aliphatic carbocycles. The van der Waals surface area contributed by atoms with Crippen molar-refractivity contribution >= 4 is 5.78 Å². The Morgan fingerprint density at radius 2 is 1.41 bits per heavy atom. The van der Waals surface area contributed by atoms with Gasteiger partial charge in [-0.1, -0.05) is 25.5 Å². The molecule has 1 unspecified atom stereocenters. The van der Waals surface area contributed by atoms with Crippen molar-refractivity contribution in [3.05, 3.63) is 23.5 Å². The molecule has 26 atom stereocenters. The van der Waals surface area contributed by atoms with Crippen LogP contribution in [0.5, 0.6) is 0 Å². The molecule has 0 amide bonds. The van der Waals surface area contributed by atoms with E-state index in [1.165, 1.54) is 12.7 Å². The van der Waals surface area contributed by atoms with Crippen molar-refractivity contribution in [2.75, 3.05) is 35.2 Å². The molecule has 2 N–H and O–H groups in total. The first-order valence-electron chi connectivity index (χ1n) is 28.1. The van der Waals surface area contributed by atoms with E-state index in [0.29, 0.717) is 49.2 Å². The van der Waals surface area contributed by atoms with E-state index in [-0.39, 0.29) is 48.1 Å². The molecular weight excluding hydrogens is 977 g/mol. The summed E-state index contributed by atoms with van der Waals surface area (Å²) >= 11 is 0. The molecule has 0 aromatic heterocycles. The maximum absolute atomic E-state index is 13.0. The standard InChI is InChI=1S/C56H88O19/c1-28-21-39(60-9)48(58)52(66-28)71-35-15-18-53(7)34(22-35)13-14-36-37(53)16-19-54(8)38(36)17-20-55(54,59)33(6)70-44-25-42-51(31(4)69-44)75-56(65-27-64-42)26-43(63-12)50(32(5)74-56)73-46-24-41(62-11)49(30(3)68-46)72-45-23-40(61-10)47(57)29(2)67-45/h13,21,28-33,35-38,40-47,49-52,57,59H,14-20,22-27H2,1-12H3/t28-,29-,30-,31-,32-,33+,35+,36-,37+,38+,40+,41+,42-,43-,44+,45+,46+,47-,49-,50-,51-,52?,53+,54+,55+,56-/m1/s1. The van der Waals surface area contributed by atoms with E-state index in [2.05, 4.69) is 19.9 Å². The number of carbonyl (C=O) groups excluding carboxylic acids is 1. The lowest BCUT2D eigenvalue weighted by Crippen LogP contribution is -2.62. The smallest absolute Gasteiger partial charge is 0.288 e. The summed E-state index contributed by atoms with van der Waals surface area (Å²) in [6.45, 7) is 16.1. The number of ether oxygens (including phenoxy) is 16. The zero-order valence-corrected chi connectivity index (χ0v) is 46.4. The largest absolute Gasteiger partial charge is 0.493 e. The van der Waals surface area contributed by atoms with Crippen LogP contribution in [0.1, 0.15) is 132 Å². The predicted octanol–water partition coefficient (Wildman–Crippen LogP) is 6.12. The average molecular weight is 1070 g/mol. The van der Waals surface area contributed by atoms with Gasteiger partial charge in [0.25, 0.3) is 11.8 Å². The fourth-order valence-corrected chi connectivity index (χ4v) is 15.7. The van der Waals surface area contributed by atoms with E-state index in [4.69, 9.17) is 75.8 Å². The van der Waals surface area contributed by atoms with Gasteiger partial charge in [-0.25, -0.2) is 0 Å². The van der Waals surface area contributed by atoms with Crippen LogP contribution in [0, 0.1) is 28.6 Å². The third-order valence-electron chi connectivity index (χ3n) is 20.0. The number of ketones is 1. The summed E-state index contributed by atoms with van der Waals surface area (Å²) in [5, 5.41) is 23.4. The Bertz CT molecular complexity index is 2060. The Balaban J connectivity index is 0.730. The third-order valence-corrected chi connectivity index (χ3v) is 20.0. The van der Waals surface area contributed by atoms with Crippen LogP contribution in [0.25, 0.3) is 0 Å². The van der Waals surface area contributed by atoms with Crippen molar-refractivity contribution in [3.8, 4) is 0 Å². The fraction of sp³-hybridized carbons (Fsp3) is 0.911. The van der Waals surface area contributed by atoms with Gasteiger partial charge >= 0.3 is 0 Å². The van der Waals surface area contributed by atoms with Crippen molar-refractivity contribution in [3.63, 3.8) is 0 Å². The van der Waals surface area contributed by atoms with Gasteiger partial charge in [-0.3, -0.25) is 4.79 Å². The minimum absolute atomic E-state index is 0.0346. The summed E-state index contributed by atoms with van der Waals surface area (Å²) in [6, 6.07) is 0. The van der Waals surface area contributed by atoms with E-state index >= 15 is 0 Å². The summed E-state index contributed by atoms with van der Waals surface area (Å²) < 4.78 is 100. The van der Waals surface area contributed by atoms with Crippen molar-refractivity contribution < 1.29 is 90.8 Å². The summed E-state index contributed by atoms with van der Waals surface area (Å²) in [5.41, 5.74) is 0.0691. The van der Waals surface area contributed by atoms with Crippen LogP contribution < -0.4 is 0 Å². The molecule has 1 spiro atoms. The molecule has 0 bridgehead atoms. The number of carbonyl (C=O) groups is 1. The van der Waals surface area contributed by atoms with Gasteiger partial charge < -0.3 is 86.0 Å². The maximum atomic E-state index is 13.0. The molecule has 0 aromatic carbocycles. The normalized spacial score (nSPS) is 51.6. The Labute approximate surface area is 443 Å². The van der Waals surface area contributed by atoms with Crippen molar-refractivity contribution in [2.24, 2.45) is 28.6 Å². The van der Waals surface area contributed by atoms with Crippen LogP contribution in [0.3, 0.4) is 0 Å². The molecule has 0 radical (unpaired) electrons. The molecule has 19 heteroatoms. The van der Waals surface area contributed by atoms with Crippen LogP contribution in [0.15, 0.2) is 23.5 Å². The molecule has 6 aliphatic heterocycles. The Hall–Kier alpha value is -1.73. The fourth-order valence-electron chi connectivity index (χ4n) is 15.7. The molecule has 8 fully saturated rings. The highest BCUT2D eigenvalue weighted by atomic mass is 16.9. The summed E-state index contributed by atoms with van der Waals surface area (Å²) in [6.07, 6.45) is 2.86. The minimum Gasteiger partial charge on any atom is -0.493 e. The van der Waals surface area contributed by atoms with Gasteiger partial charge in [0.1, 0.15) is 24.4 Å². The first-order valence-corrected chi connectivity index (χ1v) is 28.1. The SMILES string of the molecule is COC1=C[C@@H](C)OC(O[C@H]2CC[C@@]3(C)C(=CC[C@@H]4[C@@H]3CC[C@@]3(C)[C@H]4CC[C@]3(O)[C@H](C)O[C@H]3C[C@H]4OCO[C@@]5(C[C@@H](OC)[C@H](O[C@H]6C[C@H](OC)[C@H](O[C@H]7C[C@H](OC)[C@H](O)[C@@H](C)O7)[C@@H](C)O6)[C@@H](C)O5)O[C@@H]4[C@@H](C)O3)C2)C1=O. The quantitative estimate of drug-likeness (QED) is 0.200. The number of hydrogen-bond donors (Lipinski definition) is 2. The second-order valence-corrected chi connectivity index (χ2v) is 24.0. The first kappa shape index (κ1) is 56.5. The first-order chi connectivity index (χ1) is 35.7. The molecule has 3 saturated carbocycles. The number of aliphatic hydroxyl groups is 2. The Morgan fingerprint density at radius 3 is 2.13 bits per heavy atom. The van der Waals surface area contributed by atoms with Crippen molar-refractivity contribution in [1.82, 2.24) is 0 Å². The average Bonchev–Trinajstić information content (AvgIpc) is 3.57. The van der Waals surface area contributed by atoms with Crippen LogP contribution in [-0.4, -0.2) is 180 Å². The van der Waals surface area contributed by atoms with E-state index < -0.39 is 110 Å². The number of hydrogen-bond acceptors (Lipinski definition) is 19. The van der Waals surface area contributed by atoms with Gasteiger partial charge in [-0.05, 0) is 122 Å². The van der Waals surface area contributed by atoms with Gasteiger partial charge in [0, 0.05) is 46.0 Å². The summed E-state index contributed by atoms with van der Waals surface area (Å²) in [7, 11) is 6.35. The zero-order valence-electron chi connectivity index (χ0n) is 46.4. The lowest BCUT2D eigenvalue weighted by Gasteiger charge is -2.59. The maximum Gasteiger partial charge on any atom is 0.288 e. The summed E-state index contributed by atoms with van der Waals surface area (Å²) in [4.78, 5) is 13.0. The molecule has 426 valence electrons. The van der Waals surface area contributed by atoms with Crippen molar-refractivity contribution in [1.29, 1.82) is 0 Å². The van der Waals surface area contributed by atoms with E-state index in [1.807, 2.05) is 34.6 Å². The number of fused-ring (bicyclic) bond motifs is 6. The van der Waals surface area contributed by atoms with Crippen LogP contribution in [-0.2, 0) is 80.6 Å². The monoisotopic (exact) mass is 1060 g/mol. The topological polar surface area (TPSA) is 205 Å². The number of methoxy groups -OCH3 is 4. The Kier molecular flexibility index (Phi) is 16.8. The van der Waals surface area contributed by atoms with E-state index in [0.717, 1.165) is 44.9 Å². The lowest BCUT2D eigenvalue weighted by atomic mass is 9.46. The zero-order chi connectivity index (χ0) is 53.4. The van der Waals surface area contributed by atoms with Crippen LogP contribution in [0.2, 0.25) is 0 Å². The summed E-state index contributed by atoms with van der Waals surface area (Å²) in [5.74, 6) is -0.178.